The van der Waals surface area contributed by atoms with Crippen molar-refractivity contribution in [2.24, 2.45) is 0 Å². The predicted octanol–water partition coefficient (Wildman–Crippen LogP) is 2.81. The van der Waals surface area contributed by atoms with Crippen LogP contribution < -0.4 is 20.7 Å². The minimum Gasteiger partial charge on any atom is -0.494 e. The van der Waals surface area contributed by atoms with Gasteiger partial charge in [-0.1, -0.05) is 5.21 Å². The van der Waals surface area contributed by atoms with E-state index in [1.807, 2.05) is 25.1 Å². The van der Waals surface area contributed by atoms with E-state index in [4.69, 9.17) is 4.74 Å². The van der Waals surface area contributed by atoms with Gasteiger partial charge in [-0.3, -0.25) is 14.4 Å². The Morgan fingerprint density at radius 3 is 2.68 bits per heavy atom. The number of nitrogens with zero attached hydrogens (tertiary/aromatic N) is 3. The summed E-state index contributed by atoms with van der Waals surface area (Å²) in [6.45, 7) is 2.87. The summed E-state index contributed by atoms with van der Waals surface area (Å²) in [5, 5.41) is 17.1. The molecule has 0 atom stereocenters. The van der Waals surface area contributed by atoms with E-state index in [9.17, 15) is 14.4 Å². The van der Waals surface area contributed by atoms with Crippen molar-refractivity contribution in [2.75, 3.05) is 18.5 Å². The molecular weight excluding hydrogens is 472 g/mol. The first kappa shape index (κ1) is 24.5. The number of aryl methyl sites for hydroxylation is 1. The molecule has 3 amide bonds. The van der Waals surface area contributed by atoms with Crippen LogP contribution in [0.25, 0.3) is 5.69 Å². The molecule has 0 unspecified atom stereocenters. The fourth-order valence-electron chi connectivity index (χ4n) is 4.29. The number of hydrogen-bond donors (Lipinski definition) is 3. The van der Waals surface area contributed by atoms with Gasteiger partial charge in [0.1, 0.15) is 5.75 Å². The third-order valence-corrected chi connectivity index (χ3v) is 6.40. The maximum atomic E-state index is 12.8. The lowest BCUT2D eigenvalue weighted by Gasteiger charge is -2.17. The molecule has 1 aromatic heterocycles. The minimum atomic E-state index is -0.222. The molecule has 1 aliphatic carbocycles. The molecule has 2 aromatic carbocycles. The molecule has 0 radical (unpaired) electrons. The van der Waals surface area contributed by atoms with Crippen molar-refractivity contribution in [1.82, 2.24) is 25.6 Å². The first-order valence-corrected chi connectivity index (χ1v) is 12.7. The number of benzene rings is 2. The molecule has 1 fully saturated rings. The van der Waals surface area contributed by atoms with Crippen LogP contribution in [0.15, 0.2) is 42.5 Å². The lowest BCUT2D eigenvalue weighted by Crippen LogP contribution is -2.27. The SMILES string of the molecule is CCNC(=O)c1ccc(-n2nnc(C(=O)NC3CC3)c2CCCOc2ccc3c(c2)CCC(=O)N3)cc1. The Hall–Kier alpha value is -4.21. The molecule has 0 spiro atoms. The van der Waals surface area contributed by atoms with E-state index in [2.05, 4.69) is 26.3 Å². The fourth-order valence-corrected chi connectivity index (χ4v) is 4.29. The molecule has 2 heterocycles. The van der Waals surface area contributed by atoms with Gasteiger partial charge in [-0.05, 0) is 87.1 Å². The zero-order chi connectivity index (χ0) is 25.8. The number of carbonyl (C=O) groups is 3. The largest absolute Gasteiger partial charge is 0.494 e. The van der Waals surface area contributed by atoms with Crippen molar-refractivity contribution < 1.29 is 19.1 Å². The molecule has 3 N–H and O–H groups in total. The highest BCUT2D eigenvalue weighted by Crippen LogP contribution is 2.27. The van der Waals surface area contributed by atoms with Gasteiger partial charge >= 0.3 is 0 Å². The average Bonchev–Trinajstić information content (AvgIpc) is 3.62. The second-order valence-corrected chi connectivity index (χ2v) is 9.27. The zero-order valence-electron chi connectivity index (χ0n) is 20.8. The lowest BCUT2D eigenvalue weighted by molar-refractivity contribution is -0.116. The third kappa shape index (κ3) is 5.79. The van der Waals surface area contributed by atoms with Crippen molar-refractivity contribution in [1.29, 1.82) is 0 Å². The Labute approximate surface area is 214 Å². The van der Waals surface area contributed by atoms with Crippen LogP contribution in [-0.4, -0.2) is 51.9 Å². The van der Waals surface area contributed by atoms with Crippen LogP contribution in [0.4, 0.5) is 5.69 Å². The molecule has 2 aliphatic rings. The molecule has 0 saturated heterocycles. The molecule has 5 rings (SSSR count). The number of fused-ring (bicyclic) bond motifs is 1. The number of amides is 3. The highest BCUT2D eigenvalue weighted by molar-refractivity contribution is 5.95. The van der Waals surface area contributed by atoms with Gasteiger partial charge in [-0.25, -0.2) is 4.68 Å². The minimum absolute atomic E-state index is 0.0341. The summed E-state index contributed by atoms with van der Waals surface area (Å²) in [7, 11) is 0. The van der Waals surface area contributed by atoms with Gasteiger partial charge < -0.3 is 20.7 Å². The summed E-state index contributed by atoms with van der Waals surface area (Å²) < 4.78 is 7.63. The van der Waals surface area contributed by atoms with Crippen molar-refractivity contribution in [3.63, 3.8) is 0 Å². The molecular formula is C27H30N6O4. The van der Waals surface area contributed by atoms with E-state index < -0.39 is 0 Å². The third-order valence-electron chi connectivity index (χ3n) is 6.40. The molecule has 192 valence electrons. The van der Waals surface area contributed by atoms with Gasteiger partial charge in [0, 0.05) is 30.3 Å². The van der Waals surface area contributed by atoms with Gasteiger partial charge in [0.15, 0.2) is 5.69 Å². The van der Waals surface area contributed by atoms with Crippen LogP contribution in [-0.2, 0) is 17.6 Å². The standard InChI is InChI=1S/C27H30N6O4/c1-2-28-26(35)17-5-10-20(11-6-17)33-23(25(31-32-33)27(36)29-19-8-9-19)4-3-15-37-21-12-13-22-18(16-21)7-14-24(34)30-22/h5-6,10-13,16,19H,2-4,7-9,14-15H2,1H3,(H,28,35)(H,29,36)(H,30,34). The van der Waals surface area contributed by atoms with Crippen LogP contribution in [0.3, 0.4) is 0 Å². The van der Waals surface area contributed by atoms with E-state index in [1.165, 1.54) is 0 Å². The maximum Gasteiger partial charge on any atom is 0.273 e. The Balaban J connectivity index is 1.28. The summed E-state index contributed by atoms with van der Waals surface area (Å²) in [6, 6.07) is 13.0. The van der Waals surface area contributed by atoms with E-state index in [0.717, 1.165) is 35.5 Å². The number of ether oxygens (including phenoxy) is 1. The van der Waals surface area contributed by atoms with Crippen molar-refractivity contribution >= 4 is 23.4 Å². The monoisotopic (exact) mass is 502 g/mol. The molecule has 1 saturated carbocycles. The Morgan fingerprint density at radius 2 is 1.92 bits per heavy atom. The van der Waals surface area contributed by atoms with Gasteiger partial charge in [0.25, 0.3) is 11.8 Å². The summed E-state index contributed by atoms with van der Waals surface area (Å²) in [6.07, 6.45) is 4.30. The van der Waals surface area contributed by atoms with E-state index in [-0.39, 0.29) is 23.8 Å². The fraction of sp³-hybridized carbons (Fsp3) is 0.370. The lowest BCUT2D eigenvalue weighted by atomic mass is 10.0. The number of aromatic nitrogens is 3. The zero-order valence-corrected chi connectivity index (χ0v) is 20.8. The van der Waals surface area contributed by atoms with Crippen LogP contribution >= 0.6 is 0 Å². The highest BCUT2D eigenvalue weighted by atomic mass is 16.5. The Morgan fingerprint density at radius 1 is 1.11 bits per heavy atom. The second kappa shape index (κ2) is 10.8. The Bertz CT molecular complexity index is 1310. The van der Waals surface area contributed by atoms with Gasteiger partial charge in [0.2, 0.25) is 5.91 Å². The quantitative estimate of drug-likeness (QED) is 0.366. The first-order valence-electron chi connectivity index (χ1n) is 12.7. The number of rotatable bonds is 10. The second-order valence-electron chi connectivity index (χ2n) is 9.27. The Kier molecular flexibility index (Phi) is 7.16. The van der Waals surface area contributed by atoms with E-state index in [1.54, 1.807) is 28.9 Å². The van der Waals surface area contributed by atoms with Crippen LogP contribution in [0.5, 0.6) is 5.75 Å². The molecule has 37 heavy (non-hydrogen) atoms. The molecule has 3 aromatic rings. The maximum absolute atomic E-state index is 12.8. The number of hydrogen-bond acceptors (Lipinski definition) is 6. The molecule has 0 bridgehead atoms. The molecule has 1 aliphatic heterocycles. The van der Waals surface area contributed by atoms with E-state index >= 15 is 0 Å². The van der Waals surface area contributed by atoms with Crippen LogP contribution in [0.2, 0.25) is 0 Å². The molecule has 10 nitrogen and oxygen atoms in total. The average molecular weight is 503 g/mol. The van der Waals surface area contributed by atoms with Crippen molar-refractivity contribution in [3.05, 3.63) is 65.0 Å². The summed E-state index contributed by atoms with van der Waals surface area (Å²) in [5.74, 6) is 0.417. The summed E-state index contributed by atoms with van der Waals surface area (Å²) in [5.41, 5.74) is 4.18. The normalized spacial score (nSPS) is 14.5. The molecule has 10 heteroatoms. The smallest absolute Gasteiger partial charge is 0.273 e. The van der Waals surface area contributed by atoms with Crippen LogP contribution in [0.1, 0.15) is 64.7 Å². The van der Waals surface area contributed by atoms with Crippen molar-refractivity contribution in [3.8, 4) is 11.4 Å². The number of carbonyl (C=O) groups excluding carboxylic acids is 3. The topological polar surface area (TPSA) is 127 Å². The van der Waals surface area contributed by atoms with E-state index in [0.29, 0.717) is 55.8 Å². The van der Waals surface area contributed by atoms with Crippen molar-refractivity contribution in [2.45, 2.75) is 51.5 Å². The van der Waals surface area contributed by atoms with Gasteiger partial charge in [-0.15, -0.1) is 5.10 Å². The summed E-state index contributed by atoms with van der Waals surface area (Å²) >= 11 is 0. The van der Waals surface area contributed by atoms with Crippen LogP contribution in [0, 0.1) is 0 Å². The first-order chi connectivity index (χ1) is 18.0. The number of nitrogens with one attached hydrogen (secondary N) is 3. The predicted molar refractivity (Wildman–Crippen MR) is 137 cm³/mol. The summed E-state index contributed by atoms with van der Waals surface area (Å²) in [4.78, 5) is 36.5. The number of anilines is 1. The highest BCUT2D eigenvalue weighted by Gasteiger charge is 2.28. The van der Waals surface area contributed by atoms with Gasteiger partial charge in [0.05, 0.1) is 18.0 Å². The van der Waals surface area contributed by atoms with Gasteiger partial charge in [-0.2, -0.15) is 0 Å².